The van der Waals surface area contributed by atoms with Gasteiger partial charge in [-0.05, 0) is 24.4 Å². The molecule has 1 unspecified atom stereocenters. The first-order chi connectivity index (χ1) is 7.65. The number of halogens is 1. The molecule has 0 fully saturated rings. The Morgan fingerprint density at radius 1 is 1.50 bits per heavy atom. The monoisotopic (exact) mass is 253 g/mol. The molecule has 0 aliphatic heterocycles. The summed E-state index contributed by atoms with van der Waals surface area (Å²) in [4.78, 5) is 5.41. The van der Waals surface area contributed by atoms with E-state index >= 15 is 0 Å². The van der Waals surface area contributed by atoms with E-state index < -0.39 is 0 Å². The van der Waals surface area contributed by atoms with Crippen LogP contribution in [0.1, 0.15) is 17.8 Å². The van der Waals surface area contributed by atoms with E-state index in [1.165, 1.54) is 4.88 Å². The van der Waals surface area contributed by atoms with Crippen LogP contribution >= 0.6 is 22.9 Å². The molecule has 5 heteroatoms. The maximum absolute atomic E-state index is 5.83. The van der Waals surface area contributed by atoms with Crippen LogP contribution in [0.4, 0.5) is 11.5 Å². The number of aromatic nitrogens is 1. The number of nitrogens with one attached hydrogen (secondary N) is 1. The Bertz CT molecular complexity index is 450. The Morgan fingerprint density at radius 2 is 2.31 bits per heavy atom. The zero-order valence-corrected chi connectivity index (χ0v) is 10.3. The number of nitrogens with two attached hydrogens (primary N) is 1. The van der Waals surface area contributed by atoms with Gasteiger partial charge >= 0.3 is 0 Å². The molecule has 0 spiro atoms. The highest BCUT2D eigenvalue weighted by Gasteiger charge is 2.07. The van der Waals surface area contributed by atoms with Crippen LogP contribution < -0.4 is 11.1 Å². The predicted molar refractivity (Wildman–Crippen MR) is 70.0 cm³/mol. The Balaban J connectivity index is 2.15. The topological polar surface area (TPSA) is 50.9 Å². The largest absolute Gasteiger partial charge is 0.399 e. The molecule has 0 aromatic carbocycles. The summed E-state index contributed by atoms with van der Waals surface area (Å²) >= 11 is 7.53. The molecule has 0 aliphatic rings. The minimum Gasteiger partial charge on any atom is -0.399 e. The fourth-order valence-corrected chi connectivity index (χ4v) is 2.37. The van der Waals surface area contributed by atoms with Crippen LogP contribution in [0.15, 0.2) is 29.6 Å². The summed E-state index contributed by atoms with van der Waals surface area (Å²) in [6.07, 6.45) is 0. The summed E-state index contributed by atoms with van der Waals surface area (Å²) in [6, 6.07) is 7.71. The Morgan fingerprint density at radius 3 is 2.94 bits per heavy atom. The number of pyridine rings is 1. The number of thiophene rings is 1. The average molecular weight is 254 g/mol. The van der Waals surface area contributed by atoms with Gasteiger partial charge in [0, 0.05) is 16.6 Å². The lowest BCUT2D eigenvalue weighted by Gasteiger charge is -2.13. The van der Waals surface area contributed by atoms with Gasteiger partial charge < -0.3 is 11.1 Å². The van der Waals surface area contributed by atoms with Gasteiger partial charge in [-0.15, -0.1) is 11.3 Å². The number of hydrogen-bond donors (Lipinski definition) is 2. The van der Waals surface area contributed by atoms with Crippen molar-refractivity contribution in [1.29, 1.82) is 0 Å². The molecule has 84 valence electrons. The highest BCUT2D eigenvalue weighted by molar-refractivity contribution is 7.10. The lowest BCUT2D eigenvalue weighted by atomic mass is 10.2. The van der Waals surface area contributed by atoms with E-state index in [2.05, 4.69) is 23.3 Å². The third-order valence-electron chi connectivity index (χ3n) is 2.15. The molecule has 16 heavy (non-hydrogen) atoms. The van der Waals surface area contributed by atoms with E-state index in [1.54, 1.807) is 23.5 Å². The molecule has 2 rings (SSSR count). The van der Waals surface area contributed by atoms with Gasteiger partial charge in [-0.1, -0.05) is 17.7 Å². The van der Waals surface area contributed by atoms with Crippen LogP contribution in [0, 0.1) is 0 Å². The van der Waals surface area contributed by atoms with Crippen molar-refractivity contribution in [3.05, 3.63) is 39.7 Å². The van der Waals surface area contributed by atoms with Gasteiger partial charge in [-0.3, -0.25) is 0 Å². The molecule has 3 N–H and O–H groups in total. The SMILES string of the molecule is CC(Nc1cc(N)cc(Cl)n1)c1cccs1. The zero-order valence-electron chi connectivity index (χ0n) is 8.77. The van der Waals surface area contributed by atoms with Crippen molar-refractivity contribution in [2.45, 2.75) is 13.0 Å². The van der Waals surface area contributed by atoms with Gasteiger partial charge in [0.25, 0.3) is 0 Å². The molecule has 0 aliphatic carbocycles. The summed E-state index contributed by atoms with van der Waals surface area (Å²) in [7, 11) is 0. The van der Waals surface area contributed by atoms with Crippen molar-refractivity contribution >= 4 is 34.4 Å². The summed E-state index contributed by atoms with van der Waals surface area (Å²) in [5.74, 6) is 0.700. The van der Waals surface area contributed by atoms with Gasteiger partial charge in [0.1, 0.15) is 11.0 Å². The molecule has 0 bridgehead atoms. The Kier molecular flexibility index (Phi) is 3.31. The van der Waals surface area contributed by atoms with Crippen molar-refractivity contribution in [3.63, 3.8) is 0 Å². The fraction of sp³-hybridized carbons (Fsp3) is 0.182. The maximum Gasteiger partial charge on any atom is 0.133 e. The summed E-state index contributed by atoms with van der Waals surface area (Å²) in [5, 5.41) is 5.71. The maximum atomic E-state index is 5.83. The molecule has 2 aromatic rings. The molecular weight excluding hydrogens is 242 g/mol. The summed E-state index contributed by atoms with van der Waals surface area (Å²) in [6.45, 7) is 2.07. The average Bonchev–Trinajstić information content (AvgIpc) is 2.68. The zero-order chi connectivity index (χ0) is 11.5. The second-order valence-electron chi connectivity index (χ2n) is 3.49. The van der Waals surface area contributed by atoms with Crippen LogP contribution in [0.25, 0.3) is 0 Å². The van der Waals surface area contributed by atoms with Crippen LogP contribution in [-0.2, 0) is 0 Å². The molecule has 2 aromatic heterocycles. The van der Waals surface area contributed by atoms with E-state index in [0.717, 1.165) is 0 Å². The third kappa shape index (κ3) is 2.65. The van der Waals surface area contributed by atoms with E-state index in [1.807, 2.05) is 11.4 Å². The van der Waals surface area contributed by atoms with Gasteiger partial charge in [0.2, 0.25) is 0 Å². The van der Waals surface area contributed by atoms with Crippen molar-refractivity contribution in [3.8, 4) is 0 Å². The quantitative estimate of drug-likeness (QED) is 0.823. The fourth-order valence-electron chi connectivity index (χ4n) is 1.42. The number of anilines is 2. The first-order valence-corrected chi connectivity index (χ1v) is 6.14. The molecule has 0 amide bonds. The highest BCUT2D eigenvalue weighted by Crippen LogP contribution is 2.24. The van der Waals surface area contributed by atoms with Gasteiger partial charge in [0.15, 0.2) is 0 Å². The third-order valence-corrected chi connectivity index (χ3v) is 3.40. The van der Waals surface area contributed by atoms with Crippen molar-refractivity contribution in [2.24, 2.45) is 0 Å². The minimum atomic E-state index is 0.199. The smallest absolute Gasteiger partial charge is 0.133 e. The van der Waals surface area contributed by atoms with E-state index in [4.69, 9.17) is 17.3 Å². The highest BCUT2D eigenvalue weighted by atomic mass is 35.5. The standard InChI is InChI=1S/C11H12ClN3S/c1-7(9-3-2-4-16-9)14-11-6-8(13)5-10(12)15-11/h2-7H,1H3,(H3,13,14,15). The first-order valence-electron chi connectivity index (χ1n) is 4.88. The van der Waals surface area contributed by atoms with Crippen molar-refractivity contribution < 1.29 is 0 Å². The second kappa shape index (κ2) is 4.72. The number of hydrogen-bond acceptors (Lipinski definition) is 4. The molecule has 0 radical (unpaired) electrons. The Hall–Kier alpha value is -1.26. The number of nitrogen functional groups attached to an aromatic ring is 1. The van der Waals surface area contributed by atoms with Crippen LogP contribution in [0.2, 0.25) is 5.15 Å². The molecule has 1 atom stereocenters. The molecular formula is C11H12ClN3S. The summed E-state index contributed by atoms with van der Waals surface area (Å²) in [5.41, 5.74) is 6.30. The molecule has 0 saturated heterocycles. The van der Waals surface area contributed by atoms with Gasteiger partial charge in [-0.2, -0.15) is 0 Å². The van der Waals surface area contributed by atoms with Crippen molar-refractivity contribution in [2.75, 3.05) is 11.1 Å². The van der Waals surface area contributed by atoms with E-state index in [-0.39, 0.29) is 6.04 Å². The van der Waals surface area contributed by atoms with E-state index in [0.29, 0.717) is 16.7 Å². The van der Waals surface area contributed by atoms with Gasteiger partial charge in [-0.25, -0.2) is 4.98 Å². The second-order valence-corrected chi connectivity index (χ2v) is 4.86. The number of rotatable bonds is 3. The van der Waals surface area contributed by atoms with Crippen LogP contribution in [0.5, 0.6) is 0 Å². The number of nitrogens with zero attached hydrogens (tertiary/aromatic N) is 1. The first kappa shape index (κ1) is 11.2. The lowest BCUT2D eigenvalue weighted by Crippen LogP contribution is -2.06. The molecule has 3 nitrogen and oxygen atoms in total. The predicted octanol–water partition coefficient (Wildman–Crippen LogP) is 3.55. The molecule has 0 saturated carbocycles. The van der Waals surface area contributed by atoms with Crippen molar-refractivity contribution in [1.82, 2.24) is 4.98 Å². The van der Waals surface area contributed by atoms with Crippen LogP contribution in [0.3, 0.4) is 0 Å². The Labute approximate surface area is 103 Å². The lowest BCUT2D eigenvalue weighted by molar-refractivity contribution is 0.897. The van der Waals surface area contributed by atoms with Crippen LogP contribution in [-0.4, -0.2) is 4.98 Å². The minimum absolute atomic E-state index is 0.199. The molecule has 2 heterocycles. The van der Waals surface area contributed by atoms with E-state index in [9.17, 15) is 0 Å². The van der Waals surface area contributed by atoms with Gasteiger partial charge in [0.05, 0.1) is 6.04 Å². The summed E-state index contributed by atoms with van der Waals surface area (Å²) < 4.78 is 0. The normalized spacial score (nSPS) is 12.4.